The van der Waals surface area contributed by atoms with Crippen molar-refractivity contribution in [2.75, 3.05) is 24.6 Å². The molecule has 0 spiro atoms. The van der Waals surface area contributed by atoms with Crippen molar-refractivity contribution in [3.05, 3.63) is 0 Å². The first-order valence-corrected chi connectivity index (χ1v) is 7.19. The molecule has 14 heavy (non-hydrogen) atoms. The van der Waals surface area contributed by atoms with Crippen molar-refractivity contribution in [3.8, 4) is 0 Å². The lowest BCUT2D eigenvalue weighted by Gasteiger charge is -2.29. The topological polar surface area (TPSA) is 49.4 Å². The summed E-state index contributed by atoms with van der Waals surface area (Å²) >= 11 is 0. The number of hydrogen-bond donors (Lipinski definition) is 1. The fourth-order valence-electron chi connectivity index (χ4n) is 2.18. The van der Waals surface area contributed by atoms with Gasteiger partial charge in [0.1, 0.15) is 0 Å². The highest BCUT2D eigenvalue weighted by Crippen LogP contribution is 2.13. The zero-order valence-corrected chi connectivity index (χ0v) is 9.22. The van der Waals surface area contributed by atoms with Gasteiger partial charge in [0.25, 0.3) is 0 Å². The number of sulfone groups is 1. The van der Waals surface area contributed by atoms with Crippen molar-refractivity contribution in [1.82, 2.24) is 10.4 Å². The monoisotopic (exact) mass is 218 g/mol. The van der Waals surface area contributed by atoms with Gasteiger partial charge in [0.05, 0.1) is 11.5 Å². The molecule has 1 unspecified atom stereocenters. The molecule has 0 saturated carbocycles. The van der Waals surface area contributed by atoms with Crippen molar-refractivity contribution in [2.24, 2.45) is 0 Å². The van der Waals surface area contributed by atoms with Gasteiger partial charge >= 0.3 is 0 Å². The maximum atomic E-state index is 11.2. The summed E-state index contributed by atoms with van der Waals surface area (Å²) in [7, 11) is -2.74. The molecule has 1 N–H and O–H groups in total. The standard InChI is InChI=1S/C9H18N2O2S/c12-14(13)7-4-9(8-14)10-11-5-2-1-3-6-11/h9-10H,1-8H2. The molecule has 2 heterocycles. The van der Waals surface area contributed by atoms with Crippen LogP contribution in [0.3, 0.4) is 0 Å². The first-order chi connectivity index (χ1) is 6.66. The molecule has 0 radical (unpaired) electrons. The number of nitrogens with zero attached hydrogens (tertiary/aromatic N) is 1. The molecule has 0 amide bonds. The fourth-order valence-corrected chi connectivity index (χ4v) is 3.84. The van der Waals surface area contributed by atoms with E-state index in [1.807, 2.05) is 0 Å². The minimum Gasteiger partial charge on any atom is -0.251 e. The van der Waals surface area contributed by atoms with E-state index in [9.17, 15) is 8.42 Å². The lowest BCUT2D eigenvalue weighted by Crippen LogP contribution is -2.47. The Kier molecular flexibility index (Phi) is 3.09. The number of hydrogen-bond acceptors (Lipinski definition) is 4. The molecule has 0 aliphatic carbocycles. The quantitative estimate of drug-likeness (QED) is 0.717. The molecule has 2 saturated heterocycles. The van der Waals surface area contributed by atoms with Crippen LogP contribution in [0.25, 0.3) is 0 Å². The maximum Gasteiger partial charge on any atom is 0.151 e. The molecule has 0 bridgehead atoms. The molecule has 4 nitrogen and oxygen atoms in total. The van der Waals surface area contributed by atoms with E-state index in [2.05, 4.69) is 10.4 Å². The first kappa shape index (κ1) is 10.4. The Hall–Kier alpha value is -0.130. The molecular formula is C9H18N2O2S. The van der Waals surface area contributed by atoms with E-state index in [4.69, 9.17) is 0 Å². The van der Waals surface area contributed by atoms with E-state index < -0.39 is 9.84 Å². The average Bonchev–Trinajstić information content (AvgIpc) is 2.47. The summed E-state index contributed by atoms with van der Waals surface area (Å²) in [6.45, 7) is 2.13. The van der Waals surface area contributed by atoms with Gasteiger partial charge in [-0.25, -0.2) is 13.4 Å². The smallest absolute Gasteiger partial charge is 0.151 e. The Morgan fingerprint density at radius 1 is 1.14 bits per heavy atom. The number of piperidine rings is 1. The Labute approximate surface area is 85.6 Å². The van der Waals surface area contributed by atoms with Gasteiger partial charge in [0.15, 0.2) is 9.84 Å². The summed E-state index contributed by atoms with van der Waals surface area (Å²) in [5, 5.41) is 2.19. The van der Waals surface area contributed by atoms with Crippen molar-refractivity contribution < 1.29 is 8.42 Å². The summed E-state index contributed by atoms with van der Waals surface area (Å²) in [5.74, 6) is 0.683. The normalized spacial score (nSPS) is 33.3. The number of nitrogens with one attached hydrogen (secondary N) is 1. The molecule has 2 rings (SSSR count). The molecule has 2 fully saturated rings. The third-order valence-corrected chi connectivity index (χ3v) is 4.72. The second-order valence-corrected chi connectivity index (χ2v) is 6.51. The molecular weight excluding hydrogens is 200 g/mol. The van der Waals surface area contributed by atoms with Crippen LogP contribution in [0.4, 0.5) is 0 Å². The Morgan fingerprint density at radius 3 is 2.43 bits per heavy atom. The third kappa shape index (κ3) is 2.68. The summed E-state index contributed by atoms with van der Waals surface area (Å²) in [5.41, 5.74) is 3.33. The number of hydrazine groups is 1. The van der Waals surface area contributed by atoms with Gasteiger partial charge in [-0.15, -0.1) is 0 Å². The highest BCUT2D eigenvalue weighted by atomic mass is 32.2. The molecule has 0 aromatic heterocycles. The van der Waals surface area contributed by atoms with Crippen LogP contribution in [0.5, 0.6) is 0 Å². The molecule has 2 aliphatic rings. The predicted octanol–water partition coefficient (Wildman–Crippen LogP) is 0.164. The van der Waals surface area contributed by atoms with Crippen molar-refractivity contribution >= 4 is 9.84 Å². The van der Waals surface area contributed by atoms with Gasteiger partial charge in [-0.3, -0.25) is 5.43 Å². The van der Waals surface area contributed by atoms with Gasteiger partial charge in [-0.05, 0) is 19.3 Å². The lowest BCUT2D eigenvalue weighted by atomic mass is 10.2. The van der Waals surface area contributed by atoms with Crippen LogP contribution in [-0.4, -0.2) is 44.1 Å². The van der Waals surface area contributed by atoms with E-state index in [1.54, 1.807) is 0 Å². The second kappa shape index (κ2) is 4.16. The zero-order chi connectivity index (χ0) is 10.0. The summed E-state index contributed by atoms with van der Waals surface area (Å²) in [6.07, 6.45) is 4.54. The average molecular weight is 218 g/mol. The highest BCUT2D eigenvalue weighted by Gasteiger charge is 2.29. The SMILES string of the molecule is O=S1(=O)CCC(NN2CCCCC2)C1. The highest BCUT2D eigenvalue weighted by molar-refractivity contribution is 7.91. The van der Waals surface area contributed by atoms with Crippen LogP contribution < -0.4 is 5.43 Å². The molecule has 2 aliphatic heterocycles. The van der Waals surface area contributed by atoms with E-state index in [-0.39, 0.29) is 6.04 Å². The fraction of sp³-hybridized carbons (Fsp3) is 1.00. The van der Waals surface area contributed by atoms with Gasteiger partial charge < -0.3 is 0 Å². The van der Waals surface area contributed by atoms with Crippen molar-refractivity contribution in [2.45, 2.75) is 31.7 Å². The van der Waals surface area contributed by atoms with E-state index in [0.29, 0.717) is 11.5 Å². The Morgan fingerprint density at radius 2 is 1.86 bits per heavy atom. The number of rotatable bonds is 2. The lowest BCUT2D eigenvalue weighted by molar-refractivity contribution is 0.134. The first-order valence-electron chi connectivity index (χ1n) is 5.37. The van der Waals surface area contributed by atoms with Crippen LogP contribution in [-0.2, 0) is 9.84 Å². The Bertz CT molecular complexity index is 283. The Balaban J connectivity index is 1.80. The maximum absolute atomic E-state index is 11.2. The van der Waals surface area contributed by atoms with Crippen LogP contribution in [0.1, 0.15) is 25.7 Å². The summed E-state index contributed by atoms with van der Waals surface area (Å²) in [4.78, 5) is 0. The minimum absolute atomic E-state index is 0.165. The molecule has 1 atom stereocenters. The van der Waals surface area contributed by atoms with Gasteiger partial charge in [0, 0.05) is 19.1 Å². The van der Waals surface area contributed by atoms with Gasteiger partial charge in [0.2, 0.25) is 0 Å². The predicted molar refractivity (Wildman–Crippen MR) is 55.6 cm³/mol. The third-order valence-electron chi connectivity index (χ3n) is 2.95. The van der Waals surface area contributed by atoms with E-state index in [0.717, 1.165) is 19.5 Å². The van der Waals surface area contributed by atoms with Crippen LogP contribution >= 0.6 is 0 Å². The van der Waals surface area contributed by atoms with E-state index >= 15 is 0 Å². The molecule has 5 heteroatoms. The van der Waals surface area contributed by atoms with Gasteiger partial charge in [-0.2, -0.15) is 0 Å². The molecule has 0 aromatic carbocycles. The van der Waals surface area contributed by atoms with E-state index in [1.165, 1.54) is 19.3 Å². The second-order valence-electron chi connectivity index (χ2n) is 4.28. The minimum atomic E-state index is -2.74. The molecule has 0 aromatic rings. The van der Waals surface area contributed by atoms with Crippen molar-refractivity contribution in [1.29, 1.82) is 0 Å². The van der Waals surface area contributed by atoms with Gasteiger partial charge in [-0.1, -0.05) is 6.42 Å². The molecule has 82 valence electrons. The van der Waals surface area contributed by atoms with Crippen molar-refractivity contribution in [3.63, 3.8) is 0 Å². The zero-order valence-electron chi connectivity index (χ0n) is 8.41. The van der Waals surface area contributed by atoms with Crippen LogP contribution in [0, 0.1) is 0 Å². The largest absolute Gasteiger partial charge is 0.251 e. The summed E-state index contributed by atoms with van der Waals surface area (Å²) in [6, 6.07) is 0.165. The summed E-state index contributed by atoms with van der Waals surface area (Å²) < 4.78 is 22.4. The van der Waals surface area contributed by atoms with Crippen LogP contribution in [0.15, 0.2) is 0 Å². The van der Waals surface area contributed by atoms with Crippen LogP contribution in [0.2, 0.25) is 0 Å².